The van der Waals surface area contributed by atoms with Crippen molar-refractivity contribution in [3.8, 4) is 5.75 Å². The van der Waals surface area contributed by atoms with Crippen LogP contribution < -0.4 is 21.8 Å². The first-order valence-electron chi connectivity index (χ1n) is 4.54. The summed E-state index contributed by atoms with van der Waals surface area (Å²) in [6, 6.07) is 7.27. The van der Waals surface area contributed by atoms with Gasteiger partial charge in [0.25, 0.3) is 5.91 Å². The van der Waals surface area contributed by atoms with Gasteiger partial charge in [0, 0.05) is 5.56 Å². The Morgan fingerprint density at radius 1 is 1.31 bits per heavy atom. The molecule has 0 bridgehead atoms. The van der Waals surface area contributed by atoms with Crippen molar-refractivity contribution in [1.82, 2.24) is 5.48 Å². The maximum atomic E-state index is 11.5. The van der Waals surface area contributed by atoms with Crippen LogP contribution in [0.5, 0.6) is 5.75 Å². The zero-order valence-corrected chi connectivity index (χ0v) is 8.31. The van der Waals surface area contributed by atoms with E-state index in [1.165, 1.54) is 0 Å². The van der Waals surface area contributed by atoms with Crippen LogP contribution in [0.25, 0.3) is 6.08 Å². The molecule has 0 fully saturated rings. The van der Waals surface area contributed by atoms with Gasteiger partial charge in [0.1, 0.15) is 5.70 Å². The fourth-order valence-corrected chi connectivity index (χ4v) is 1.27. The highest BCUT2D eigenvalue weighted by atomic mass is 16.6. The van der Waals surface area contributed by atoms with Gasteiger partial charge in [-0.25, -0.2) is 5.48 Å². The summed E-state index contributed by atoms with van der Waals surface area (Å²) in [4.78, 5) is 20.0. The lowest BCUT2D eigenvalue weighted by Gasteiger charge is -2.16. The van der Waals surface area contributed by atoms with Crippen LogP contribution in [0.2, 0.25) is 0 Å². The van der Waals surface area contributed by atoms with Gasteiger partial charge in [-0.05, 0) is 12.1 Å². The molecule has 1 aliphatic rings. The molecule has 0 aromatic heterocycles. The van der Waals surface area contributed by atoms with Crippen LogP contribution in [0, 0.1) is 0 Å². The second-order valence-corrected chi connectivity index (χ2v) is 3.14. The highest BCUT2D eigenvalue weighted by Gasteiger charge is 2.16. The van der Waals surface area contributed by atoms with Crippen LogP contribution in [0.3, 0.4) is 0 Å². The molecule has 0 radical (unpaired) electrons. The highest BCUT2D eigenvalue weighted by molar-refractivity contribution is 6.04. The third kappa shape index (κ3) is 1.95. The van der Waals surface area contributed by atoms with Crippen molar-refractivity contribution in [2.24, 2.45) is 16.5 Å². The summed E-state index contributed by atoms with van der Waals surface area (Å²) >= 11 is 0. The lowest BCUT2D eigenvalue weighted by atomic mass is 10.1. The van der Waals surface area contributed by atoms with Crippen LogP contribution in [-0.2, 0) is 4.79 Å². The van der Waals surface area contributed by atoms with E-state index in [1.807, 2.05) is 18.2 Å². The summed E-state index contributed by atoms with van der Waals surface area (Å²) in [7, 11) is 0. The predicted molar refractivity (Wildman–Crippen MR) is 59.0 cm³/mol. The van der Waals surface area contributed by atoms with E-state index in [9.17, 15) is 4.79 Å². The first-order chi connectivity index (χ1) is 7.66. The summed E-state index contributed by atoms with van der Waals surface area (Å²) in [5, 5.41) is 0. The number of hydroxylamine groups is 1. The number of nitrogens with zero attached hydrogens (tertiary/aromatic N) is 1. The first kappa shape index (κ1) is 10.0. The number of hydrogen-bond donors (Lipinski definition) is 3. The Bertz CT molecular complexity index is 489. The molecule has 0 saturated heterocycles. The van der Waals surface area contributed by atoms with Crippen molar-refractivity contribution >= 4 is 17.9 Å². The molecule has 5 N–H and O–H groups in total. The van der Waals surface area contributed by atoms with Gasteiger partial charge in [-0.3, -0.25) is 4.79 Å². The van der Waals surface area contributed by atoms with E-state index in [1.54, 1.807) is 12.1 Å². The summed E-state index contributed by atoms with van der Waals surface area (Å²) in [6.07, 6.45) is 1.62. The van der Waals surface area contributed by atoms with Crippen molar-refractivity contribution in [3.05, 3.63) is 35.5 Å². The number of benzene rings is 1. The average Bonchev–Trinajstić information content (AvgIpc) is 2.27. The minimum Gasteiger partial charge on any atom is -0.381 e. The Hall–Kier alpha value is -2.50. The Morgan fingerprint density at radius 2 is 2.06 bits per heavy atom. The molecule has 0 unspecified atom stereocenters. The van der Waals surface area contributed by atoms with E-state index >= 15 is 0 Å². The topological polar surface area (TPSA) is 103 Å². The molecule has 1 heterocycles. The van der Waals surface area contributed by atoms with E-state index in [0.29, 0.717) is 5.75 Å². The van der Waals surface area contributed by atoms with Gasteiger partial charge in [-0.15, -0.1) is 0 Å². The minimum absolute atomic E-state index is 0.187. The fourth-order valence-electron chi connectivity index (χ4n) is 1.27. The molecule has 0 saturated carbocycles. The first-order valence-corrected chi connectivity index (χ1v) is 4.54. The van der Waals surface area contributed by atoms with E-state index in [2.05, 4.69) is 10.5 Å². The van der Waals surface area contributed by atoms with Gasteiger partial charge in [-0.1, -0.05) is 18.2 Å². The molecule has 1 amide bonds. The predicted octanol–water partition coefficient (Wildman–Crippen LogP) is -0.276. The van der Waals surface area contributed by atoms with E-state index < -0.39 is 5.91 Å². The number of carbonyl (C=O) groups excluding carboxylic acids is 1. The average molecular weight is 218 g/mol. The molecule has 6 nitrogen and oxygen atoms in total. The second-order valence-electron chi connectivity index (χ2n) is 3.14. The smallest absolute Gasteiger partial charge is 0.299 e. The highest BCUT2D eigenvalue weighted by Crippen LogP contribution is 2.23. The number of nitrogens with one attached hydrogen (secondary N) is 1. The Kier molecular flexibility index (Phi) is 2.47. The molecule has 2 rings (SSSR count). The number of hydrogen-bond acceptors (Lipinski definition) is 3. The third-order valence-corrected chi connectivity index (χ3v) is 1.95. The Morgan fingerprint density at radius 3 is 2.81 bits per heavy atom. The van der Waals surface area contributed by atoms with Crippen LogP contribution in [-0.4, -0.2) is 11.9 Å². The standard InChI is InChI=1S/C10H10N4O2/c11-10(12)13-9(15)7-5-6-3-1-2-4-8(6)16-14-7/h1-5,14H,(H4,11,12,13,15). The van der Waals surface area contributed by atoms with Gasteiger partial charge < -0.3 is 16.3 Å². The number of aliphatic imine (C=N–C) groups is 1. The Balaban J connectivity index is 2.31. The van der Waals surface area contributed by atoms with Gasteiger partial charge in [-0.2, -0.15) is 4.99 Å². The largest absolute Gasteiger partial charge is 0.381 e. The lowest BCUT2D eigenvalue weighted by molar-refractivity contribution is -0.115. The molecule has 6 heteroatoms. The fraction of sp³-hybridized carbons (Fsp3) is 0. The second kappa shape index (κ2) is 3.93. The molecular formula is C10H10N4O2. The number of guanidine groups is 1. The lowest BCUT2D eigenvalue weighted by Crippen LogP contribution is -2.29. The molecule has 82 valence electrons. The molecule has 0 spiro atoms. The maximum absolute atomic E-state index is 11.5. The Labute approximate surface area is 91.5 Å². The van der Waals surface area contributed by atoms with Crippen molar-refractivity contribution < 1.29 is 9.63 Å². The molecular weight excluding hydrogens is 208 g/mol. The SMILES string of the molecule is NC(N)=NC(=O)C1=Cc2ccccc2ON1. The van der Waals surface area contributed by atoms with Gasteiger partial charge in [0.2, 0.25) is 0 Å². The van der Waals surface area contributed by atoms with E-state index in [0.717, 1.165) is 5.56 Å². The number of para-hydroxylation sites is 1. The molecule has 0 atom stereocenters. The van der Waals surface area contributed by atoms with Crippen molar-refractivity contribution in [3.63, 3.8) is 0 Å². The van der Waals surface area contributed by atoms with Crippen LogP contribution in [0.4, 0.5) is 0 Å². The normalized spacial score (nSPS) is 12.6. The van der Waals surface area contributed by atoms with Crippen LogP contribution in [0.1, 0.15) is 5.56 Å². The van der Waals surface area contributed by atoms with Gasteiger partial charge >= 0.3 is 0 Å². The maximum Gasteiger partial charge on any atom is 0.299 e. The van der Waals surface area contributed by atoms with Gasteiger partial charge in [0.05, 0.1) is 0 Å². The zero-order valence-electron chi connectivity index (χ0n) is 8.31. The minimum atomic E-state index is -0.575. The number of amides is 1. The number of rotatable bonds is 1. The monoisotopic (exact) mass is 218 g/mol. The third-order valence-electron chi connectivity index (χ3n) is 1.95. The van der Waals surface area contributed by atoms with E-state index in [-0.39, 0.29) is 11.7 Å². The quantitative estimate of drug-likeness (QED) is 0.444. The number of carbonyl (C=O) groups is 1. The van der Waals surface area contributed by atoms with Crippen LogP contribution >= 0.6 is 0 Å². The summed E-state index contributed by atoms with van der Waals surface area (Å²) in [6.45, 7) is 0. The molecule has 0 aliphatic carbocycles. The number of fused-ring (bicyclic) bond motifs is 1. The summed E-state index contributed by atoms with van der Waals surface area (Å²) in [5.41, 5.74) is 13.7. The number of nitrogens with two attached hydrogens (primary N) is 2. The molecule has 16 heavy (non-hydrogen) atoms. The molecule has 1 aromatic carbocycles. The molecule has 1 aliphatic heterocycles. The molecule has 1 aromatic rings. The summed E-state index contributed by atoms with van der Waals surface area (Å²) < 4.78 is 0. The van der Waals surface area contributed by atoms with Crippen molar-refractivity contribution in [1.29, 1.82) is 0 Å². The summed E-state index contributed by atoms with van der Waals surface area (Å²) in [5.74, 6) is -0.218. The van der Waals surface area contributed by atoms with E-state index in [4.69, 9.17) is 16.3 Å². The van der Waals surface area contributed by atoms with Crippen LogP contribution in [0.15, 0.2) is 35.0 Å². The van der Waals surface area contributed by atoms with Crippen molar-refractivity contribution in [2.75, 3.05) is 0 Å². The van der Waals surface area contributed by atoms with Gasteiger partial charge in [0.15, 0.2) is 11.7 Å². The van der Waals surface area contributed by atoms with Crippen molar-refractivity contribution in [2.45, 2.75) is 0 Å². The zero-order chi connectivity index (χ0) is 11.5.